The van der Waals surface area contributed by atoms with E-state index in [1.807, 2.05) is 11.4 Å². The molecule has 0 amide bonds. The molecule has 0 unspecified atom stereocenters. The molecule has 8 heteroatoms. The summed E-state index contributed by atoms with van der Waals surface area (Å²) in [5, 5.41) is 15.5. The molecule has 0 saturated heterocycles. The average molecular weight is 449 g/mol. The second-order valence-corrected chi connectivity index (χ2v) is 9.22. The summed E-state index contributed by atoms with van der Waals surface area (Å²) in [6.45, 7) is 1.16. The molecule has 160 valence electrons. The Bertz CT molecular complexity index is 966. The van der Waals surface area contributed by atoms with Crippen molar-refractivity contribution in [2.45, 2.75) is 23.5 Å². The molecule has 0 saturated carbocycles. The Balaban J connectivity index is 1.51. The summed E-state index contributed by atoms with van der Waals surface area (Å²) in [6.07, 6.45) is 2.74. The van der Waals surface area contributed by atoms with Crippen LogP contribution >= 0.6 is 23.1 Å². The number of fused-ring (bicyclic) bond motifs is 1. The van der Waals surface area contributed by atoms with Crippen molar-refractivity contribution in [2.75, 3.05) is 26.0 Å². The van der Waals surface area contributed by atoms with Gasteiger partial charge < -0.3 is 15.2 Å². The van der Waals surface area contributed by atoms with Crippen molar-refractivity contribution in [1.29, 1.82) is 0 Å². The van der Waals surface area contributed by atoms with Gasteiger partial charge in [0.05, 0.1) is 29.0 Å². The lowest BCUT2D eigenvalue weighted by Gasteiger charge is -2.14. The molecule has 0 aliphatic carbocycles. The fourth-order valence-electron chi connectivity index (χ4n) is 3.27. The van der Waals surface area contributed by atoms with Crippen LogP contribution in [0.15, 0.2) is 46.1 Å². The monoisotopic (exact) mass is 448 g/mol. The van der Waals surface area contributed by atoms with Gasteiger partial charge in [-0.1, -0.05) is 6.07 Å². The van der Waals surface area contributed by atoms with Crippen LogP contribution in [0.25, 0.3) is 10.9 Å². The second-order valence-electron chi connectivity index (χ2n) is 6.88. The molecular weight excluding hydrogens is 423 g/mol. The predicted molar refractivity (Wildman–Crippen MR) is 120 cm³/mol. The number of rotatable bonds is 12. The Morgan fingerprint density at radius 1 is 1.40 bits per heavy atom. The predicted octanol–water partition coefficient (Wildman–Crippen LogP) is 4.85. The number of carboxylic acids is 1. The van der Waals surface area contributed by atoms with Crippen molar-refractivity contribution in [2.24, 2.45) is 5.92 Å². The largest absolute Gasteiger partial charge is 0.497 e. The van der Waals surface area contributed by atoms with Crippen LogP contribution in [0.4, 0.5) is 4.39 Å². The van der Waals surface area contributed by atoms with Crippen LogP contribution < -0.4 is 10.1 Å². The van der Waals surface area contributed by atoms with E-state index < -0.39 is 11.9 Å². The van der Waals surface area contributed by atoms with Crippen LogP contribution in [0.1, 0.15) is 18.4 Å². The first-order valence-electron chi connectivity index (χ1n) is 9.79. The van der Waals surface area contributed by atoms with E-state index in [0.717, 1.165) is 12.3 Å². The lowest BCUT2D eigenvalue weighted by atomic mass is 9.97. The molecule has 2 N–H and O–H groups in total. The van der Waals surface area contributed by atoms with Crippen molar-refractivity contribution >= 4 is 40.0 Å². The minimum atomic E-state index is -0.824. The maximum atomic E-state index is 14.4. The minimum absolute atomic E-state index is 0.369. The fraction of sp³-hybridized carbons (Fsp3) is 0.364. The summed E-state index contributed by atoms with van der Waals surface area (Å²) < 4.78 is 20.9. The molecule has 0 spiro atoms. The molecule has 1 atom stereocenters. The average Bonchev–Trinajstić information content (AvgIpc) is 3.26. The standard InChI is InChI=1S/C22H25FN2O3S2/c1-28-16-7-8-20-18(12-16)17(19(23)14-25-20)5-2-4-15(22(26)27)13-24-9-11-30-21-6-3-10-29-21/h3,6-8,10,12,14-15,24H,2,4-5,9,11,13H2,1H3,(H,26,27)/t15-/m0/s1. The first kappa shape index (κ1) is 22.5. The van der Waals surface area contributed by atoms with Crippen molar-refractivity contribution in [1.82, 2.24) is 10.3 Å². The molecule has 2 heterocycles. The number of thiophene rings is 1. The molecule has 3 aromatic rings. The minimum Gasteiger partial charge on any atom is -0.497 e. The van der Waals surface area contributed by atoms with E-state index in [0.29, 0.717) is 48.0 Å². The maximum absolute atomic E-state index is 14.4. The number of benzene rings is 1. The van der Waals surface area contributed by atoms with Gasteiger partial charge in [0.2, 0.25) is 0 Å². The quantitative estimate of drug-likeness (QED) is 0.305. The molecule has 0 aliphatic rings. The number of hydrogen-bond acceptors (Lipinski definition) is 6. The number of aromatic nitrogens is 1. The van der Waals surface area contributed by atoms with Crippen molar-refractivity contribution in [3.8, 4) is 5.75 Å². The lowest BCUT2D eigenvalue weighted by Crippen LogP contribution is -2.30. The van der Waals surface area contributed by atoms with Crippen LogP contribution in [0.5, 0.6) is 5.75 Å². The third-order valence-corrected chi connectivity index (χ3v) is 7.00. The highest BCUT2D eigenvalue weighted by atomic mass is 32.2. The van der Waals surface area contributed by atoms with Crippen LogP contribution in [0.3, 0.4) is 0 Å². The second kappa shape index (κ2) is 11.3. The van der Waals surface area contributed by atoms with Gasteiger partial charge in [0.1, 0.15) is 11.6 Å². The number of carboxylic acid groups (broad SMARTS) is 1. The molecule has 2 aromatic heterocycles. The molecule has 0 radical (unpaired) electrons. The first-order chi connectivity index (χ1) is 14.6. The Morgan fingerprint density at radius 2 is 2.27 bits per heavy atom. The van der Waals surface area contributed by atoms with E-state index in [1.54, 1.807) is 48.4 Å². The van der Waals surface area contributed by atoms with E-state index in [-0.39, 0.29) is 5.82 Å². The van der Waals surface area contributed by atoms with Crippen molar-refractivity contribution in [3.63, 3.8) is 0 Å². The maximum Gasteiger partial charge on any atom is 0.307 e. The summed E-state index contributed by atoms with van der Waals surface area (Å²) in [5.74, 6) is -0.156. The zero-order valence-electron chi connectivity index (χ0n) is 16.8. The Kier molecular flexibility index (Phi) is 8.48. The molecular formula is C22H25FN2O3S2. The van der Waals surface area contributed by atoms with Gasteiger partial charge in [-0.3, -0.25) is 9.78 Å². The Morgan fingerprint density at radius 3 is 3.00 bits per heavy atom. The number of nitrogens with one attached hydrogen (secondary N) is 1. The fourth-order valence-corrected chi connectivity index (χ4v) is 5.03. The van der Waals surface area contributed by atoms with E-state index >= 15 is 0 Å². The normalized spacial score (nSPS) is 12.2. The van der Waals surface area contributed by atoms with Crippen LogP contribution in [0, 0.1) is 11.7 Å². The number of aliphatic carboxylic acids is 1. The number of aryl methyl sites for hydroxylation is 1. The first-order valence-corrected chi connectivity index (χ1v) is 11.7. The van der Waals surface area contributed by atoms with Gasteiger partial charge in [0.15, 0.2) is 0 Å². The van der Waals surface area contributed by atoms with Crippen LogP contribution in [-0.2, 0) is 11.2 Å². The van der Waals surface area contributed by atoms with E-state index in [4.69, 9.17) is 4.74 Å². The highest BCUT2D eigenvalue weighted by molar-refractivity contribution is 8.01. The Hall–Kier alpha value is -2.16. The zero-order chi connectivity index (χ0) is 21.3. The third kappa shape index (κ3) is 6.17. The van der Waals surface area contributed by atoms with Gasteiger partial charge in [0, 0.05) is 24.2 Å². The van der Waals surface area contributed by atoms with Gasteiger partial charge in [-0.05, 0) is 54.5 Å². The molecule has 5 nitrogen and oxygen atoms in total. The number of pyridine rings is 1. The van der Waals surface area contributed by atoms with Crippen LogP contribution in [0.2, 0.25) is 0 Å². The number of methoxy groups -OCH3 is 1. The topological polar surface area (TPSA) is 71.5 Å². The van der Waals surface area contributed by atoms with Gasteiger partial charge >= 0.3 is 5.97 Å². The van der Waals surface area contributed by atoms with Gasteiger partial charge in [-0.2, -0.15) is 0 Å². The third-order valence-electron chi connectivity index (χ3n) is 4.87. The van der Waals surface area contributed by atoms with Crippen LogP contribution in [-0.4, -0.2) is 42.0 Å². The molecule has 0 aliphatic heterocycles. The van der Waals surface area contributed by atoms with E-state index in [2.05, 4.69) is 16.4 Å². The number of halogens is 1. The summed E-state index contributed by atoms with van der Waals surface area (Å²) >= 11 is 3.46. The molecule has 0 bridgehead atoms. The highest BCUT2D eigenvalue weighted by Gasteiger charge is 2.18. The lowest BCUT2D eigenvalue weighted by molar-refractivity contribution is -0.141. The SMILES string of the molecule is COc1ccc2ncc(F)c(CCC[C@@H](CNCCSc3cccs3)C(=O)O)c2c1. The number of hydrogen-bond donors (Lipinski definition) is 2. The molecule has 3 rings (SSSR count). The van der Waals surface area contributed by atoms with Gasteiger partial charge in [-0.15, -0.1) is 23.1 Å². The number of carbonyl (C=O) groups is 1. The smallest absolute Gasteiger partial charge is 0.307 e. The van der Waals surface area contributed by atoms with Crippen molar-refractivity contribution in [3.05, 3.63) is 53.3 Å². The summed E-state index contributed by atoms with van der Waals surface area (Å²) in [7, 11) is 1.57. The molecule has 30 heavy (non-hydrogen) atoms. The van der Waals surface area contributed by atoms with Gasteiger partial charge in [0.25, 0.3) is 0 Å². The number of nitrogens with zero attached hydrogens (tertiary/aromatic N) is 1. The molecule has 0 fully saturated rings. The van der Waals surface area contributed by atoms with Gasteiger partial charge in [-0.25, -0.2) is 4.39 Å². The van der Waals surface area contributed by atoms with Crippen molar-refractivity contribution < 1.29 is 19.0 Å². The summed E-state index contributed by atoms with van der Waals surface area (Å²) in [5.41, 5.74) is 1.26. The summed E-state index contributed by atoms with van der Waals surface area (Å²) in [4.78, 5) is 15.7. The highest BCUT2D eigenvalue weighted by Crippen LogP contribution is 2.26. The number of thioether (sulfide) groups is 1. The number of ether oxygens (including phenoxy) is 1. The molecule has 1 aromatic carbocycles. The van der Waals surface area contributed by atoms with E-state index in [1.165, 1.54) is 10.4 Å². The Labute approximate surface area is 183 Å². The van der Waals surface area contributed by atoms with E-state index in [9.17, 15) is 14.3 Å². The summed E-state index contributed by atoms with van der Waals surface area (Å²) in [6, 6.07) is 9.47. The zero-order valence-corrected chi connectivity index (χ0v) is 18.4.